The summed E-state index contributed by atoms with van der Waals surface area (Å²) in [6, 6.07) is 2.00. The average molecular weight is 273 g/mol. The number of anilines is 1. The summed E-state index contributed by atoms with van der Waals surface area (Å²) in [6.07, 6.45) is 8.09. The second-order valence-corrected chi connectivity index (χ2v) is 4.99. The van der Waals surface area contributed by atoms with E-state index >= 15 is 0 Å². The van der Waals surface area contributed by atoms with Crippen LogP contribution in [0.3, 0.4) is 0 Å². The summed E-state index contributed by atoms with van der Waals surface area (Å²) in [7, 11) is 1.92. The van der Waals surface area contributed by atoms with Gasteiger partial charge in [0.05, 0.1) is 11.9 Å². The van der Waals surface area contributed by atoms with Crippen LogP contribution >= 0.6 is 0 Å². The van der Waals surface area contributed by atoms with E-state index in [0.29, 0.717) is 0 Å². The van der Waals surface area contributed by atoms with Crippen molar-refractivity contribution in [3.05, 3.63) is 24.3 Å². The summed E-state index contributed by atoms with van der Waals surface area (Å²) in [5.41, 5.74) is 1.98. The Balaban J connectivity index is 2.29. The number of rotatable bonds is 7. The molecule has 2 rings (SSSR count). The number of nitrogens with zero attached hydrogens (tertiary/aromatic N) is 4. The maximum Gasteiger partial charge on any atom is 0.131 e. The molecule has 0 saturated heterocycles. The third-order valence-corrected chi connectivity index (χ3v) is 3.08. The lowest BCUT2D eigenvalue weighted by Crippen LogP contribution is -2.06. The van der Waals surface area contributed by atoms with Gasteiger partial charge in [-0.1, -0.05) is 20.3 Å². The zero-order chi connectivity index (χ0) is 14.4. The van der Waals surface area contributed by atoms with E-state index < -0.39 is 0 Å². The molecule has 20 heavy (non-hydrogen) atoms. The maximum atomic E-state index is 4.66. The molecular formula is C15H23N5. The van der Waals surface area contributed by atoms with Gasteiger partial charge in [0.1, 0.15) is 11.6 Å². The molecule has 2 aromatic rings. The zero-order valence-corrected chi connectivity index (χ0v) is 12.6. The fourth-order valence-electron chi connectivity index (χ4n) is 1.99. The molecule has 5 heteroatoms. The quantitative estimate of drug-likeness (QED) is 0.842. The van der Waals surface area contributed by atoms with Crippen molar-refractivity contribution in [3.63, 3.8) is 0 Å². The predicted molar refractivity (Wildman–Crippen MR) is 81.6 cm³/mol. The Morgan fingerprint density at radius 1 is 1.20 bits per heavy atom. The molecule has 0 atom stereocenters. The minimum Gasteiger partial charge on any atom is -0.370 e. The molecule has 0 aliphatic carbocycles. The fraction of sp³-hybridized carbons (Fsp3) is 0.533. The number of unbranched alkanes of at least 4 members (excludes halogenated alkanes) is 1. The largest absolute Gasteiger partial charge is 0.370 e. The minimum absolute atomic E-state index is 0.909. The van der Waals surface area contributed by atoms with Crippen molar-refractivity contribution in [1.82, 2.24) is 19.7 Å². The lowest BCUT2D eigenvalue weighted by atomic mass is 10.2. The van der Waals surface area contributed by atoms with Crippen LogP contribution in [-0.2, 0) is 13.5 Å². The van der Waals surface area contributed by atoms with Gasteiger partial charge in [-0.2, -0.15) is 5.10 Å². The number of nitrogens with one attached hydrogen (secondary N) is 1. The van der Waals surface area contributed by atoms with Crippen LogP contribution < -0.4 is 5.32 Å². The van der Waals surface area contributed by atoms with Gasteiger partial charge in [0, 0.05) is 37.8 Å². The van der Waals surface area contributed by atoms with Crippen molar-refractivity contribution in [3.8, 4) is 11.3 Å². The van der Waals surface area contributed by atoms with Crippen molar-refractivity contribution in [2.45, 2.75) is 39.5 Å². The molecule has 108 valence electrons. The van der Waals surface area contributed by atoms with Crippen molar-refractivity contribution in [1.29, 1.82) is 0 Å². The Hall–Kier alpha value is -1.91. The van der Waals surface area contributed by atoms with Crippen molar-refractivity contribution < 1.29 is 0 Å². The first-order valence-corrected chi connectivity index (χ1v) is 7.33. The van der Waals surface area contributed by atoms with Gasteiger partial charge in [-0.3, -0.25) is 4.68 Å². The first-order valence-electron chi connectivity index (χ1n) is 7.33. The molecule has 2 aromatic heterocycles. The van der Waals surface area contributed by atoms with E-state index in [1.54, 1.807) is 4.68 Å². The molecule has 1 N–H and O–H groups in total. The molecule has 0 aliphatic heterocycles. The maximum absolute atomic E-state index is 4.66. The van der Waals surface area contributed by atoms with Crippen LogP contribution in [0.25, 0.3) is 11.3 Å². The summed E-state index contributed by atoms with van der Waals surface area (Å²) in [4.78, 5) is 9.25. The van der Waals surface area contributed by atoms with Crippen LogP contribution in [0.15, 0.2) is 18.5 Å². The lowest BCUT2D eigenvalue weighted by Gasteiger charge is -2.08. The van der Waals surface area contributed by atoms with Crippen LogP contribution in [0, 0.1) is 0 Å². The molecule has 0 unspecified atom stereocenters. The molecular weight excluding hydrogens is 250 g/mol. The highest BCUT2D eigenvalue weighted by Crippen LogP contribution is 2.19. The first kappa shape index (κ1) is 14.5. The normalized spacial score (nSPS) is 10.8. The van der Waals surface area contributed by atoms with Crippen LogP contribution in [0.2, 0.25) is 0 Å². The van der Waals surface area contributed by atoms with Gasteiger partial charge in [0.25, 0.3) is 0 Å². The van der Waals surface area contributed by atoms with Gasteiger partial charge >= 0.3 is 0 Å². The Morgan fingerprint density at radius 3 is 2.70 bits per heavy atom. The van der Waals surface area contributed by atoms with Crippen molar-refractivity contribution in [2.75, 3.05) is 11.9 Å². The molecule has 0 saturated carbocycles. The Labute approximate surface area is 120 Å². The summed E-state index contributed by atoms with van der Waals surface area (Å²) < 4.78 is 1.79. The third-order valence-electron chi connectivity index (χ3n) is 3.08. The second kappa shape index (κ2) is 7.03. The number of aryl methyl sites for hydroxylation is 2. The van der Waals surface area contributed by atoms with Crippen molar-refractivity contribution >= 4 is 5.82 Å². The number of hydrogen-bond donors (Lipinski definition) is 1. The van der Waals surface area contributed by atoms with Gasteiger partial charge in [0.15, 0.2) is 0 Å². The zero-order valence-electron chi connectivity index (χ0n) is 12.6. The average Bonchev–Trinajstić information content (AvgIpc) is 2.89. The first-order chi connectivity index (χ1) is 9.72. The van der Waals surface area contributed by atoms with E-state index in [9.17, 15) is 0 Å². The van der Waals surface area contributed by atoms with E-state index in [2.05, 4.69) is 34.2 Å². The lowest BCUT2D eigenvalue weighted by molar-refractivity contribution is 0.753. The van der Waals surface area contributed by atoms with Crippen LogP contribution in [0.1, 0.15) is 38.9 Å². The Kier molecular flexibility index (Phi) is 5.09. The summed E-state index contributed by atoms with van der Waals surface area (Å²) in [6.45, 7) is 5.26. The van der Waals surface area contributed by atoms with Gasteiger partial charge in [0.2, 0.25) is 0 Å². The van der Waals surface area contributed by atoms with E-state index in [-0.39, 0.29) is 0 Å². The predicted octanol–water partition coefficient (Wildman–Crippen LogP) is 3.04. The van der Waals surface area contributed by atoms with Gasteiger partial charge in [-0.05, 0) is 12.8 Å². The van der Waals surface area contributed by atoms with E-state index in [1.807, 2.05) is 25.5 Å². The fourth-order valence-corrected chi connectivity index (χ4v) is 1.99. The van der Waals surface area contributed by atoms with Gasteiger partial charge < -0.3 is 5.32 Å². The smallest absolute Gasteiger partial charge is 0.131 e. The topological polar surface area (TPSA) is 55.6 Å². The Morgan fingerprint density at radius 2 is 2.05 bits per heavy atom. The molecule has 0 radical (unpaired) electrons. The second-order valence-electron chi connectivity index (χ2n) is 4.99. The van der Waals surface area contributed by atoms with E-state index in [1.165, 1.54) is 0 Å². The molecule has 0 bridgehead atoms. The monoisotopic (exact) mass is 273 g/mol. The highest BCUT2D eigenvalue weighted by Gasteiger charge is 2.08. The summed E-state index contributed by atoms with van der Waals surface area (Å²) in [5.74, 6) is 1.82. The standard InChI is InChI=1S/C15H23N5/c1-4-6-7-14-18-13(12-10-17-20(3)11-12)9-15(19-14)16-8-5-2/h9-11H,4-8H2,1-3H3,(H,16,18,19). The summed E-state index contributed by atoms with van der Waals surface area (Å²) >= 11 is 0. The summed E-state index contributed by atoms with van der Waals surface area (Å²) in [5, 5.41) is 7.56. The third kappa shape index (κ3) is 3.79. The molecule has 0 aliphatic rings. The van der Waals surface area contributed by atoms with Crippen LogP contribution in [0.4, 0.5) is 5.82 Å². The molecule has 2 heterocycles. The number of aromatic nitrogens is 4. The molecule has 0 spiro atoms. The van der Waals surface area contributed by atoms with Crippen LogP contribution in [-0.4, -0.2) is 26.3 Å². The molecule has 0 amide bonds. The molecule has 0 aromatic carbocycles. The van der Waals surface area contributed by atoms with E-state index in [4.69, 9.17) is 0 Å². The van der Waals surface area contributed by atoms with E-state index in [0.717, 1.165) is 55.1 Å². The molecule has 0 fully saturated rings. The van der Waals surface area contributed by atoms with Gasteiger partial charge in [-0.25, -0.2) is 9.97 Å². The van der Waals surface area contributed by atoms with Crippen LogP contribution in [0.5, 0.6) is 0 Å². The van der Waals surface area contributed by atoms with Crippen molar-refractivity contribution in [2.24, 2.45) is 7.05 Å². The highest BCUT2D eigenvalue weighted by atomic mass is 15.2. The highest BCUT2D eigenvalue weighted by molar-refractivity contribution is 5.60. The van der Waals surface area contributed by atoms with Gasteiger partial charge in [-0.15, -0.1) is 0 Å². The number of hydrogen-bond acceptors (Lipinski definition) is 4. The SMILES string of the molecule is CCCCc1nc(NCCC)cc(-c2cnn(C)c2)n1. The Bertz CT molecular complexity index is 521. The molecule has 5 nitrogen and oxygen atoms in total. The minimum atomic E-state index is 0.909.